The van der Waals surface area contributed by atoms with Crippen LogP contribution in [0.5, 0.6) is 0 Å². The molecule has 0 aliphatic carbocycles. The number of unbranched alkanes of at least 4 members (excludes halogenated alkanes) is 22. The van der Waals surface area contributed by atoms with Gasteiger partial charge in [0.15, 0.2) is 6.10 Å². The molecule has 0 aromatic rings. The first-order valence-electron chi connectivity index (χ1n) is 21.4. The number of nitrogens with one attached hydrogen (secondary N) is 1. The monoisotopic (exact) mass is 734 g/mol. The molecule has 52 heavy (non-hydrogen) atoms. The quantitative estimate of drug-likeness (QED) is 0.0291. The Kier molecular flexibility index (Phi) is 37.6. The van der Waals surface area contributed by atoms with Crippen molar-refractivity contribution in [1.29, 1.82) is 0 Å². The van der Waals surface area contributed by atoms with Gasteiger partial charge < -0.3 is 19.5 Å². The smallest absolute Gasteiger partial charge is 0.306 e. The Hall–Kier alpha value is -2.64. The van der Waals surface area contributed by atoms with E-state index in [2.05, 4.69) is 43.5 Å². The Bertz CT molecular complexity index is 916. The fourth-order valence-electron chi connectivity index (χ4n) is 5.90. The van der Waals surface area contributed by atoms with E-state index in [0.717, 1.165) is 70.6 Å². The minimum atomic E-state index is -0.877. The largest absolute Gasteiger partial charge is 0.462 e. The van der Waals surface area contributed by atoms with Crippen LogP contribution in [-0.4, -0.2) is 50.2 Å². The van der Waals surface area contributed by atoms with Gasteiger partial charge in [-0.3, -0.25) is 19.2 Å². The molecule has 1 N–H and O–H groups in total. The normalized spacial score (nSPS) is 12.0. The second kappa shape index (κ2) is 39.6. The van der Waals surface area contributed by atoms with Crippen LogP contribution in [0.25, 0.3) is 0 Å². The van der Waals surface area contributed by atoms with Gasteiger partial charge in [-0.2, -0.15) is 0 Å². The molecule has 0 saturated carbocycles. The maximum atomic E-state index is 12.6. The van der Waals surface area contributed by atoms with Crippen molar-refractivity contribution in [1.82, 2.24) is 5.32 Å². The van der Waals surface area contributed by atoms with Crippen LogP contribution in [-0.2, 0) is 33.4 Å². The summed E-state index contributed by atoms with van der Waals surface area (Å²) in [5, 5.41) is 2.47. The van der Waals surface area contributed by atoms with Crippen molar-refractivity contribution in [3.63, 3.8) is 0 Å². The Morgan fingerprint density at radius 1 is 0.442 bits per heavy atom. The molecule has 1 amide bonds. The molecule has 0 aliphatic heterocycles. The van der Waals surface area contributed by atoms with Crippen LogP contribution < -0.4 is 5.32 Å². The fraction of sp³-hybridized carbons (Fsp3) is 0.818. The van der Waals surface area contributed by atoms with Crippen LogP contribution in [0.2, 0.25) is 0 Å². The van der Waals surface area contributed by atoms with Gasteiger partial charge in [0, 0.05) is 26.3 Å². The van der Waals surface area contributed by atoms with Gasteiger partial charge in [0.1, 0.15) is 13.2 Å². The molecule has 8 nitrogen and oxygen atoms in total. The van der Waals surface area contributed by atoms with Crippen molar-refractivity contribution in [2.75, 3.05) is 20.3 Å². The molecule has 0 aromatic heterocycles. The number of allylic oxidation sites excluding steroid dienone is 4. The topological polar surface area (TPSA) is 108 Å². The highest BCUT2D eigenvalue weighted by atomic mass is 16.6. The molecular weight excluding hydrogens is 654 g/mol. The van der Waals surface area contributed by atoms with Crippen LogP contribution in [0.3, 0.4) is 0 Å². The Morgan fingerprint density at radius 3 is 1.19 bits per heavy atom. The molecule has 0 spiro atoms. The molecule has 0 rings (SSSR count). The lowest BCUT2D eigenvalue weighted by Gasteiger charge is -2.18. The van der Waals surface area contributed by atoms with E-state index in [1.807, 2.05) is 0 Å². The van der Waals surface area contributed by atoms with Crippen LogP contribution in [0, 0.1) is 0 Å². The van der Waals surface area contributed by atoms with Crippen LogP contribution in [0.4, 0.5) is 0 Å². The molecule has 8 heteroatoms. The van der Waals surface area contributed by atoms with E-state index in [4.69, 9.17) is 14.2 Å². The maximum Gasteiger partial charge on any atom is 0.306 e. The summed E-state index contributed by atoms with van der Waals surface area (Å²) in [6.45, 7) is 4.12. The van der Waals surface area contributed by atoms with Crippen molar-refractivity contribution in [2.24, 2.45) is 0 Å². The van der Waals surface area contributed by atoms with Crippen molar-refractivity contribution in [3.8, 4) is 0 Å². The summed E-state index contributed by atoms with van der Waals surface area (Å²) in [4.78, 5) is 48.6. The number of amides is 1. The Morgan fingerprint density at radius 2 is 0.788 bits per heavy atom. The van der Waals surface area contributed by atoms with Crippen LogP contribution >= 0.6 is 0 Å². The van der Waals surface area contributed by atoms with Gasteiger partial charge in [-0.15, -0.1) is 0 Å². The summed E-state index contributed by atoms with van der Waals surface area (Å²) in [6, 6.07) is 0. The van der Waals surface area contributed by atoms with E-state index in [1.165, 1.54) is 103 Å². The zero-order chi connectivity index (χ0) is 38.2. The summed E-state index contributed by atoms with van der Waals surface area (Å²) < 4.78 is 16.2. The number of esters is 3. The third-order valence-corrected chi connectivity index (χ3v) is 9.28. The number of rotatable bonds is 38. The van der Waals surface area contributed by atoms with Crippen molar-refractivity contribution in [3.05, 3.63) is 24.3 Å². The summed E-state index contributed by atoms with van der Waals surface area (Å²) in [7, 11) is 1.50. The zero-order valence-electron chi connectivity index (χ0n) is 33.9. The maximum absolute atomic E-state index is 12.6. The van der Waals surface area contributed by atoms with Gasteiger partial charge in [0.2, 0.25) is 5.91 Å². The molecule has 0 aromatic carbocycles. The average Bonchev–Trinajstić information content (AvgIpc) is 3.14. The highest BCUT2D eigenvalue weighted by Crippen LogP contribution is 2.13. The van der Waals surface area contributed by atoms with Crippen molar-refractivity contribution in [2.45, 2.75) is 213 Å². The number of hydrogen-bond acceptors (Lipinski definition) is 7. The van der Waals surface area contributed by atoms with E-state index >= 15 is 0 Å². The number of carbonyl (C=O) groups excluding carboxylic acids is 4. The highest BCUT2D eigenvalue weighted by Gasteiger charge is 2.20. The lowest BCUT2D eigenvalue weighted by molar-refractivity contribution is -0.167. The molecule has 1 atom stereocenters. The molecule has 0 unspecified atom stereocenters. The van der Waals surface area contributed by atoms with E-state index < -0.39 is 18.0 Å². The third kappa shape index (κ3) is 37.1. The number of hydrogen-bond donors (Lipinski definition) is 1. The summed E-state index contributed by atoms with van der Waals surface area (Å²) in [5.74, 6) is -1.56. The van der Waals surface area contributed by atoms with E-state index in [0.29, 0.717) is 6.42 Å². The molecule has 0 saturated heterocycles. The molecular formula is C44H79NO7. The second-order valence-corrected chi connectivity index (χ2v) is 14.3. The van der Waals surface area contributed by atoms with Gasteiger partial charge >= 0.3 is 17.9 Å². The van der Waals surface area contributed by atoms with Crippen molar-refractivity contribution >= 4 is 23.8 Å². The van der Waals surface area contributed by atoms with Gasteiger partial charge in [0.05, 0.1) is 6.42 Å². The van der Waals surface area contributed by atoms with Gasteiger partial charge in [-0.1, -0.05) is 141 Å². The second-order valence-electron chi connectivity index (χ2n) is 14.3. The first kappa shape index (κ1) is 49.4. The van der Waals surface area contributed by atoms with Crippen molar-refractivity contribution < 1.29 is 33.4 Å². The van der Waals surface area contributed by atoms with E-state index in [9.17, 15) is 19.2 Å². The van der Waals surface area contributed by atoms with E-state index in [1.54, 1.807) is 0 Å². The average molecular weight is 734 g/mol. The third-order valence-electron chi connectivity index (χ3n) is 9.28. The minimum absolute atomic E-state index is 0.0141. The first-order chi connectivity index (χ1) is 25.4. The zero-order valence-corrected chi connectivity index (χ0v) is 33.9. The van der Waals surface area contributed by atoms with Gasteiger partial charge in [0.25, 0.3) is 0 Å². The lowest BCUT2D eigenvalue weighted by Crippen LogP contribution is -2.31. The van der Waals surface area contributed by atoms with Gasteiger partial charge in [-0.05, 0) is 64.2 Å². The van der Waals surface area contributed by atoms with Crippen LogP contribution in [0.1, 0.15) is 206 Å². The SMILES string of the molecule is CCCCCCCCC=CCCCCCCCC(=O)OC[C@@H](COC(=O)CCC(=O)NC)OC(=O)CCCCCCCC=CCCCCCCCC. The summed E-state index contributed by atoms with van der Waals surface area (Å²) in [6.07, 6.45) is 39.6. The number of carbonyl (C=O) groups is 4. The Balaban J connectivity index is 4.22. The summed E-state index contributed by atoms with van der Waals surface area (Å²) in [5.41, 5.74) is 0. The summed E-state index contributed by atoms with van der Waals surface area (Å²) >= 11 is 0. The van der Waals surface area contributed by atoms with Gasteiger partial charge in [-0.25, -0.2) is 0 Å². The molecule has 302 valence electrons. The first-order valence-corrected chi connectivity index (χ1v) is 21.4. The highest BCUT2D eigenvalue weighted by molar-refractivity contribution is 5.81. The van der Waals surface area contributed by atoms with Crippen LogP contribution in [0.15, 0.2) is 24.3 Å². The molecule has 0 bridgehead atoms. The molecule has 0 heterocycles. The standard InChI is InChI=1S/C44H79NO7/c1-4-6-8-10-12-14-16-18-20-22-24-26-28-30-32-34-42(47)50-38-40(39-51-43(48)37-36-41(46)45-3)52-44(49)35-33-31-29-27-25-23-21-19-17-15-13-11-9-7-5-2/h18-21,40H,4-17,22-39H2,1-3H3,(H,45,46)/t40-/m0/s1. The Labute approximate surface area is 319 Å². The predicted octanol–water partition coefficient (Wildman–Crippen LogP) is 11.6. The predicted molar refractivity (Wildman–Crippen MR) is 214 cm³/mol. The molecule has 0 radical (unpaired) electrons. The molecule has 0 fully saturated rings. The van der Waals surface area contributed by atoms with E-state index in [-0.39, 0.29) is 44.4 Å². The lowest BCUT2D eigenvalue weighted by atomic mass is 10.1. The number of ether oxygens (including phenoxy) is 3. The minimum Gasteiger partial charge on any atom is -0.462 e. The fourth-order valence-corrected chi connectivity index (χ4v) is 5.90. The molecule has 0 aliphatic rings.